The lowest BCUT2D eigenvalue weighted by Gasteiger charge is -2.50. The van der Waals surface area contributed by atoms with Crippen LogP contribution in [0.15, 0.2) is 10.6 Å². The largest absolute Gasteiger partial charge is 0.543 e. The van der Waals surface area contributed by atoms with Crippen LogP contribution >= 0.6 is 11.8 Å². The lowest BCUT2D eigenvalue weighted by atomic mass is 9.79. The number of thioether (sulfide) groups is 1. The predicted octanol–water partition coefficient (Wildman–Crippen LogP) is 2.20. The van der Waals surface area contributed by atoms with Crippen molar-refractivity contribution in [3.05, 3.63) is 10.6 Å². The van der Waals surface area contributed by atoms with Crippen LogP contribution in [0.3, 0.4) is 0 Å². The number of amides is 1. The van der Waals surface area contributed by atoms with Crippen molar-refractivity contribution < 1.29 is 19.1 Å². The Labute approximate surface area is 149 Å². The van der Waals surface area contributed by atoms with Crippen LogP contribution in [-0.4, -0.2) is 43.5 Å². The Morgan fingerprint density at radius 2 is 1.92 bits per heavy atom. The average molecular weight is 371 g/mol. The quantitative estimate of drug-likeness (QED) is 0.548. The van der Waals surface area contributed by atoms with E-state index >= 15 is 0 Å². The molecule has 5 nitrogen and oxygen atoms in total. The van der Waals surface area contributed by atoms with Gasteiger partial charge in [0.25, 0.3) is 0 Å². The highest BCUT2D eigenvalue weighted by molar-refractivity contribution is 8.02. The fraction of sp³-hybridized carbons (Fsp3) is 0.765. The van der Waals surface area contributed by atoms with Crippen molar-refractivity contribution in [1.82, 2.24) is 4.90 Å². The van der Waals surface area contributed by atoms with Gasteiger partial charge in [-0.1, -0.05) is 27.7 Å². The average Bonchev–Trinajstić information content (AvgIpc) is 2.66. The second-order valence-corrected chi connectivity index (χ2v) is 13.9. The molecule has 24 heavy (non-hydrogen) atoms. The molecule has 2 heterocycles. The van der Waals surface area contributed by atoms with Crippen LogP contribution in [0.4, 0.5) is 0 Å². The van der Waals surface area contributed by atoms with Crippen molar-refractivity contribution in [2.75, 3.05) is 6.26 Å². The van der Waals surface area contributed by atoms with Gasteiger partial charge in [0.15, 0.2) is 8.32 Å². The molecule has 2 aliphatic rings. The Morgan fingerprint density at radius 3 is 2.33 bits per heavy atom. The summed E-state index contributed by atoms with van der Waals surface area (Å²) in [5.41, 5.74) is 0.0563. The zero-order valence-corrected chi connectivity index (χ0v) is 17.6. The molecule has 7 heteroatoms. The molecule has 0 radical (unpaired) electrons. The standard InChI is InChI=1S/C17H29NO4SSi/c1-9-12-11(10(2)22-24(7,8)17(3,4)5)15(19)18(12)13(16(20)21)14(9)23-6/h9-12H,1-8H3,(H,20,21)/p-1/t9-,10+,11+,12+/m0/s1. The van der Waals surface area contributed by atoms with Gasteiger partial charge in [-0.15, -0.1) is 11.8 Å². The smallest absolute Gasteiger partial charge is 0.235 e. The maximum absolute atomic E-state index is 12.7. The van der Waals surface area contributed by atoms with E-state index in [4.69, 9.17) is 4.43 Å². The molecule has 0 aromatic rings. The summed E-state index contributed by atoms with van der Waals surface area (Å²) < 4.78 is 6.40. The zero-order chi connectivity index (χ0) is 18.6. The minimum atomic E-state index is -1.99. The lowest BCUT2D eigenvalue weighted by Crippen LogP contribution is -2.65. The SMILES string of the molecule is CSC1=C(C(=O)[O-])N2C(=O)[C@H]([C@@H](C)O[Si](C)(C)C(C)(C)C)[C@H]2[C@@H]1C. The molecule has 0 bridgehead atoms. The maximum atomic E-state index is 12.7. The molecule has 136 valence electrons. The molecular weight excluding hydrogens is 342 g/mol. The molecule has 0 aromatic carbocycles. The van der Waals surface area contributed by atoms with E-state index in [1.807, 2.05) is 20.1 Å². The Hall–Kier alpha value is -0.793. The number of carboxylic acid groups (broad SMARTS) is 1. The Kier molecular flexibility index (Phi) is 5.03. The van der Waals surface area contributed by atoms with Gasteiger partial charge in [0.2, 0.25) is 5.91 Å². The number of hydrogen-bond acceptors (Lipinski definition) is 5. The van der Waals surface area contributed by atoms with E-state index in [9.17, 15) is 14.7 Å². The predicted molar refractivity (Wildman–Crippen MR) is 96.6 cm³/mol. The van der Waals surface area contributed by atoms with Crippen LogP contribution in [0.5, 0.6) is 0 Å². The maximum Gasteiger partial charge on any atom is 0.235 e. The van der Waals surface area contributed by atoms with Gasteiger partial charge in [0.1, 0.15) is 0 Å². The molecule has 1 fully saturated rings. The molecule has 2 aliphatic heterocycles. The van der Waals surface area contributed by atoms with E-state index in [1.165, 1.54) is 16.7 Å². The van der Waals surface area contributed by atoms with Gasteiger partial charge in [0, 0.05) is 10.8 Å². The number of nitrogens with zero attached hydrogens (tertiary/aromatic N) is 1. The van der Waals surface area contributed by atoms with Gasteiger partial charge in [0.05, 0.1) is 29.7 Å². The summed E-state index contributed by atoms with van der Waals surface area (Å²) in [7, 11) is -1.99. The molecule has 1 saturated heterocycles. The normalized spacial score (nSPS) is 28.8. The van der Waals surface area contributed by atoms with Gasteiger partial charge in [-0.25, -0.2) is 0 Å². The summed E-state index contributed by atoms with van der Waals surface area (Å²) in [6.07, 6.45) is 1.63. The molecule has 0 unspecified atom stereocenters. The van der Waals surface area contributed by atoms with Crippen molar-refractivity contribution in [3.8, 4) is 0 Å². The second-order valence-electron chi connectivity index (χ2n) is 8.30. The van der Waals surface area contributed by atoms with Crippen molar-refractivity contribution in [2.45, 2.75) is 64.9 Å². The molecule has 2 rings (SSSR count). The first-order valence-corrected chi connectivity index (χ1v) is 12.5. The van der Waals surface area contributed by atoms with E-state index in [0.29, 0.717) is 0 Å². The highest BCUT2D eigenvalue weighted by Gasteiger charge is 2.59. The number of rotatable bonds is 5. The van der Waals surface area contributed by atoms with E-state index in [2.05, 4.69) is 33.9 Å². The van der Waals surface area contributed by atoms with Crippen molar-refractivity contribution in [2.24, 2.45) is 11.8 Å². The summed E-state index contributed by atoms with van der Waals surface area (Å²) >= 11 is 1.39. The number of aliphatic carboxylic acids is 1. The Bertz CT molecular complexity index is 596. The zero-order valence-electron chi connectivity index (χ0n) is 15.8. The lowest BCUT2D eigenvalue weighted by molar-refractivity contribution is -0.301. The summed E-state index contributed by atoms with van der Waals surface area (Å²) in [4.78, 5) is 26.3. The molecule has 0 aromatic heterocycles. The monoisotopic (exact) mass is 370 g/mol. The van der Waals surface area contributed by atoms with Crippen LogP contribution in [0.25, 0.3) is 0 Å². The van der Waals surface area contributed by atoms with Crippen LogP contribution < -0.4 is 5.11 Å². The number of carbonyl (C=O) groups excluding carboxylic acids is 2. The van der Waals surface area contributed by atoms with Gasteiger partial charge >= 0.3 is 0 Å². The Morgan fingerprint density at radius 1 is 1.38 bits per heavy atom. The topological polar surface area (TPSA) is 69.7 Å². The van der Waals surface area contributed by atoms with Gasteiger partial charge in [-0.05, 0) is 31.3 Å². The number of hydrogen-bond donors (Lipinski definition) is 0. The van der Waals surface area contributed by atoms with Gasteiger partial charge in [-0.3, -0.25) is 4.79 Å². The van der Waals surface area contributed by atoms with E-state index in [0.717, 1.165) is 4.91 Å². The minimum absolute atomic E-state index is 0.000987. The van der Waals surface area contributed by atoms with Gasteiger partial charge in [-0.2, -0.15) is 0 Å². The molecule has 0 aliphatic carbocycles. The summed E-state index contributed by atoms with van der Waals surface area (Å²) in [6, 6.07) is -0.132. The number of β-lactam (4-membered cyclic amide) rings is 1. The molecule has 0 N–H and O–H groups in total. The second kappa shape index (κ2) is 6.18. The molecule has 0 saturated carbocycles. The third kappa shape index (κ3) is 2.84. The summed E-state index contributed by atoms with van der Waals surface area (Å²) in [5.74, 6) is -1.70. The van der Waals surface area contributed by atoms with E-state index in [-0.39, 0.29) is 40.6 Å². The van der Waals surface area contributed by atoms with Crippen molar-refractivity contribution >= 4 is 32.0 Å². The first-order chi connectivity index (χ1) is 10.8. The summed E-state index contributed by atoms with van der Waals surface area (Å²) in [5, 5.41) is 11.6. The first kappa shape index (κ1) is 19.5. The molecule has 1 amide bonds. The fourth-order valence-electron chi connectivity index (χ4n) is 3.49. The number of carboxylic acids is 1. The van der Waals surface area contributed by atoms with Gasteiger partial charge < -0.3 is 19.2 Å². The summed E-state index contributed by atoms with van der Waals surface area (Å²) in [6.45, 7) is 14.8. The first-order valence-electron chi connectivity index (χ1n) is 8.35. The fourth-order valence-corrected chi connectivity index (χ4v) is 5.81. The van der Waals surface area contributed by atoms with Crippen molar-refractivity contribution in [3.63, 3.8) is 0 Å². The van der Waals surface area contributed by atoms with Crippen LogP contribution in [-0.2, 0) is 14.0 Å². The number of fused-ring (bicyclic) bond motifs is 1. The number of carbonyl (C=O) groups is 2. The van der Waals surface area contributed by atoms with Crippen molar-refractivity contribution in [1.29, 1.82) is 0 Å². The third-order valence-electron chi connectivity index (χ3n) is 5.79. The Balaban J connectivity index is 2.23. The third-order valence-corrected chi connectivity index (χ3v) is 11.4. The van der Waals surface area contributed by atoms with E-state index in [1.54, 1.807) is 0 Å². The van der Waals surface area contributed by atoms with E-state index < -0.39 is 14.3 Å². The van der Waals surface area contributed by atoms with Crippen LogP contribution in [0, 0.1) is 11.8 Å². The molecule has 4 atom stereocenters. The minimum Gasteiger partial charge on any atom is -0.543 e. The van der Waals surface area contributed by atoms with Crippen LogP contribution in [0.2, 0.25) is 18.1 Å². The highest BCUT2D eigenvalue weighted by atomic mass is 32.2. The molecule has 0 spiro atoms. The van der Waals surface area contributed by atoms with Crippen LogP contribution in [0.1, 0.15) is 34.6 Å². The molecular formula is C17H28NO4SSi-. The highest BCUT2D eigenvalue weighted by Crippen LogP contribution is 2.51.